The summed E-state index contributed by atoms with van der Waals surface area (Å²) in [4.78, 5) is 10.8. The minimum Gasteiger partial charge on any atom is -0.498 e. The van der Waals surface area contributed by atoms with Crippen LogP contribution in [0, 0.1) is 0 Å². The van der Waals surface area contributed by atoms with Gasteiger partial charge in [0.15, 0.2) is 0 Å². The summed E-state index contributed by atoms with van der Waals surface area (Å²) in [5, 5.41) is 19.6. The van der Waals surface area contributed by atoms with Gasteiger partial charge in [-0.05, 0) is 35.0 Å². The first-order valence-electron chi connectivity index (χ1n) is 4.96. The van der Waals surface area contributed by atoms with Crippen molar-refractivity contribution >= 4 is 24.1 Å². The molecule has 5 nitrogen and oxygen atoms in total. The van der Waals surface area contributed by atoms with Crippen molar-refractivity contribution in [3.63, 3.8) is 0 Å². The molecule has 0 bridgehead atoms. The van der Waals surface area contributed by atoms with Crippen LogP contribution in [0.15, 0.2) is 30.3 Å². The summed E-state index contributed by atoms with van der Waals surface area (Å²) in [6, 6.07) is 8.10. The Bertz CT molecular complexity index is 625. The van der Waals surface area contributed by atoms with E-state index in [0.29, 0.717) is 11.5 Å². The Morgan fingerprint density at radius 1 is 1.06 bits per heavy atom. The van der Waals surface area contributed by atoms with Gasteiger partial charge in [0.1, 0.15) is 11.5 Å². The lowest BCUT2D eigenvalue weighted by Gasteiger charge is -2.02. The molecule has 0 fully saturated rings. The maximum atomic E-state index is 10.8. The minimum atomic E-state index is -1.29. The Morgan fingerprint density at radius 3 is 2.35 bits per heavy atom. The maximum Gasteiger partial charge on any atom is 0.785 e. The van der Waals surface area contributed by atoms with Crippen molar-refractivity contribution in [2.45, 2.75) is 0 Å². The van der Waals surface area contributed by atoms with Crippen molar-refractivity contribution in [2.24, 2.45) is 0 Å². The zero-order valence-electron chi connectivity index (χ0n) is 8.58. The number of hydrogen-bond donors (Lipinski definition) is 2. The fourth-order valence-electron chi connectivity index (χ4n) is 1.81. The van der Waals surface area contributed by atoms with Crippen LogP contribution < -0.4 is 9.31 Å². The van der Waals surface area contributed by atoms with Crippen molar-refractivity contribution in [2.75, 3.05) is 0 Å². The molecule has 1 aliphatic heterocycles. The normalized spacial score (nSPS) is 13.1. The van der Waals surface area contributed by atoms with Gasteiger partial charge in [-0.2, -0.15) is 0 Å². The summed E-state index contributed by atoms with van der Waals surface area (Å²) in [7, 11) is -1.29. The zero-order chi connectivity index (χ0) is 12.0. The Labute approximate surface area is 96.4 Å². The number of benzene rings is 2. The molecule has 0 aromatic heterocycles. The first kappa shape index (κ1) is 9.98. The quantitative estimate of drug-likeness (QED) is 0.721. The van der Waals surface area contributed by atoms with Crippen LogP contribution in [0.3, 0.4) is 0 Å². The average molecular weight is 230 g/mol. The smallest absolute Gasteiger partial charge is 0.498 e. The van der Waals surface area contributed by atoms with Crippen molar-refractivity contribution < 1.29 is 24.2 Å². The fraction of sp³-hybridized carbons (Fsp3) is 0. The van der Waals surface area contributed by atoms with Gasteiger partial charge >= 0.3 is 13.3 Å². The van der Waals surface area contributed by atoms with Gasteiger partial charge in [0.2, 0.25) is 0 Å². The lowest BCUT2D eigenvalue weighted by atomic mass is 10.1. The minimum absolute atomic E-state index is 0.205. The molecule has 6 heteroatoms. The lowest BCUT2D eigenvalue weighted by Crippen LogP contribution is -2.23. The van der Waals surface area contributed by atoms with Gasteiger partial charge in [0.05, 0.1) is 5.56 Å². The number of carbonyl (C=O) groups is 1. The number of carboxylic acids is 1. The molecule has 3 rings (SSSR count). The van der Waals surface area contributed by atoms with E-state index in [-0.39, 0.29) is 5.56 Å². The van der Waals surface area contributed by atoms with E-state index in [4.69, 9.17) is 19.4 Å². The maximum absolute atomic E-state index is 10.8. The van der Waals surface area contributed by atoms with Gasteiger partial charge in [0.25, 0.3) is 0 Å². The third kappa shape index (κ3) is 1.59. The fourth-order valence-corrected chi connectivity index (χ4v) is 1.81. The number of hydrogen-bond acceptors (Lipinski definition) is 4. The first-order valence-corrected chi connectivity index (χ1v) is 4.96. The molecular weight excluding hydrogens is 223 g/mol. The molecule has 2 aromatic rings. The van der Waals surface area contributed by atoms with Crippen molar-refractivity contribution in [1.29, 1.82) is 0 Å². The third-order valence-electron chi connectivity index (χ3n) is 2.61. The number of rotatable bonds is 1. The molecule has 84 valence electrons. The van der Waals surface area contributed by atoms with Crippen LogP contribution in [0.1, 0.15) is 10.4 Å². The van der Waals surface area contributed by atoms with Crippen molar-refractivity contribution in [3.05, 3.63) is 35.9 Å². The predicted octanol–water partition coefficient (Wildman–Crippen LogP) is 1.29. The van der Waals surface area contributed by atoms with E-state index in [9.17, 15) is 4.79 Å². The molecule has 1 heterocycles. The summed E-state index contributed by atoms with van der Waals surface area (Å²) < 4.78 is 10.0. The summed E-state index contributed by atoms with van der Waals surface area (Å²) in [6.07, 6.45) is 0. The Kier molecular flexibility index (Phi) is 1.99. The van der Waals surface area contributed by atoms with E-state index >= 15 is 0 Å². The topological polar surface area (TPSA) is 76.0 Å². The molecule has 0 spiro atoms. The summed E-state index contributed by atoms with van der Waals surface area (Å²) >= 11 is 0. The van der Waals surface area contributed by atoms with Gasteiger partial charge in [-0.1, -0.05) is 6.07 Å². The average Bonchev–Trinajstić information content (AvgIpc) is 2.63. The largest absolute Gasteiger partial charge is 0.785 e. The SMILES string of the molecule is O=C(O)c1ccc2cc3c(cc2c1)OB(O)O3. The van der Waals surface area contributed by atoms with Crippen LogP contribution in [-0.4, -0.2) is 23.4 Å². The molecule has 0 saturated carbocycles. The van der Waals surface area contributed by atoms with Crippen LogP contribution in [0.25, 0.3) is 10.8 Å². The third-order valence-corrected chi connectivity index (χ3v) is 2.61. The van der Waals surface area contributed by atoms with E-state index in [1.54, 1.807) is 24.3 Å². The van der Waals surface area contributed by atoms with Gasteiger partial charge in [0, 0.05) is 0 Å². The summed E-state index contributed by atoms with van der Waals surface area (Å²) in [5.41, 5.74) is 0.205. The van der Waals surface area contributed by atoms with Crippen LogP contribution in [0.4, 0.5) is 0 Å². The second-order valence-corrected chi connectivity index (χ2v) is 3.71. The Hall–Kier alpha value is -2.21. The number of aromatic carboxylic acids is 1. The molecule has 0 saturated heterocycles. The second kappa shape index (κ2) is 3.39. The Morgan fingerprint density at radius 2 is 1.71 bits per heavy atom. The molecule has 0 amide bonds. The van der Waals surface area contributed by atoms with E-state index < -0.39 is 13.3 Å². The molecule has 0 radical (unpaired) electrons. The second-order valence-electron chi connectivity index (χ2n) is 3.71. The van der Waals surface area contributed by atoms with Crippen molar-refractivity contribution in [1.82, 2.24) is 0 Å². The Balaban J connectivity index is 2.19. The molecular formula is C11H7BO5. The van der Waals surface area contributed by atoms with Crippen LogP contribution in [0.2, 0.25) is 0 Å². The van der Waals surface area contributed by atoms with Crippen LogP contribution in [-0.2, 0) is 0 Å². The summed E-state index contributed by atoms with van der Waals surface area (Å²) in [6.45, 7) is 0. The molecule has 2 N–H and O–H groups in total. The van der Waals surface area contributed by atoms with Crippen LogP contribution >= 0.6 is 0 Å². The molecule has 0 unspecified atom stereocenters. The van der Waals surface area contributed by atoms with Crippen LogP contribution in [0.5, 0.6) is 11.5 Å². The molecule has 2 aromatic carbocycles. The highest BCUT2D eigenvalue weighted by Crippen LogP contribution is 2.37. The molecule has 0 aliphatic carbocycles. The van der Waals surface area contributed by atoms with Gasteiger partial charge in [-0.25, -0.2) is 4.79 Å². The monoisotopic (exact) mass is 230 g/mol. The van der Waals surface area contributed by atoms with E-state index in [1.807, 2.05) is 0 Å². The molecule has 1 aliphatic rings. The highest BCUT2D eigenvalue weighted by atomic mass is 16.7. The van der Waals surface area contributed by atoms with Crippen molar-refractivity contribution in [3.8, 4) is 11.5 Å². The standard InChI is InChI=1S/C11H7BO5/c13-11(14)7-2-1-6-4-9-10(5-8(6)3-7)17-12(15)16-9/h1-5,15H,(H,13,14). The number of fused-ring (bicyclic) bond motifs is 2. The lowest BCUT2D eigenvalue weighted by molar-refractivity contribution is 0.0697. The molecule has 0 atom stereocenters. The van der Waals surface area contributed by atoms with E-state index in [2.05, 4.69) is 0 Å². The van der Waals surface area contributed by atoms with Gasteiger partial charge < -0.3 is 19.4 Å². The number of carboxylic acid groups (broad SMARTS) is 1. The highest BCUT2D eigenvalue weighted by molar-refractivity contribution is 6.38. The first-order chi connectivity index (χ1) is 8.13. The van der Waals surface area contributed by atoms with E-state index in [1.165, 1.54) is 6.07 Å². The van der Waals surface area contributed by atoms with Gasteiger partial charge in [-0.15, -0.1) is 0 Å². The zero-order valence-corrected chi connectivity index (χ0v) is 8.58. The molecule has 17 heavy (non-hydrogen) atoms. The highest BCUT2D eigenvalue weighted by Gasteiger charge is 2.31. The van der Waals surface area contributed by atoms with E-state index in [0.717, 1.165) is 10.8 Å². The summed E-state index contributed by atoms with van der Waals surface area (Å²) in [5.74, 6) is -0.120. The predicted molar refractivity (Wildman–Crippen MR) is 60.1 cm³/mol. The van der Waals surface area contributed by atoms with Gasteiger partial charge in [-0.3, -0.25) is 0 Å².